The number of fused-ring (bicyclic) bond motifs is 1. The molecule has 0 fully saturated rings. The van der Waals surface area contributed by atoms with Gasteiger partial charge >= 0.3 is 0 Å². The Balaban J connectivity index is 1.82. The molecule has 1 aliphatic rings. The molecule has 0 aliphatic carbocycles. The van der Waals surface area contributed by atoms with Gasteiger partial charge in [-0.3, -0.25) is 0 Å². The van der Waals surface area contributed by atoms with Gasteiger partial charge in [0.05, 0.1) is 35.1 Å². The van der Waals surface area contributed by atoms with Crippen LogP contribution >= 0.6 is 23.2 Å². The summed E-state index contributed by atoms with van der Waals surface area (Å²) in [6.07, 6.45) is 3.36. The quantitative estimate of drug-likeness (QED) is 0.410. The monoisotopic (exact) mass is 421 g/mol. The van der Waals surface area contributed by atoms with Gasteiger partial charge in [-0.15, -0.1) is 0 Å². The van der Waals surface area contributed by atoms with Crippen molar-refractivity contribution in [1.29, 1.82) is 0 Å². The first-order valence-corrected chi connectivity index (χ1v) is 9.73. The van der Waals surface area contributed by atoms with Crippen molar-refractivity contribution in [3.05, 3.63) is 69.7 Å². The van der Waals surface area contributed by atoms with E-state index in [2.05, 4.69) is 11.9 Å². The lowest BCUT2D eigenvalue weighted by atomic mass is 10.0. The van der Waals surface area contributed by atoms with Crippen molar-refractivity contribution in [3.8, 4) is 5.75 Å². The van der Waals surface area contributed by atoms with Gasteiger partial charge in [-0.1, -0.05) is 35.8 Å². The standard InChI is InChI=1S/C22H22Cl2FNO2/c1-13(22-17(23)5-4-6-19(22)25)9-15-10-20-21(11-18(15)24)28-16(12-26-20)8-7-14(2)27-3/h4-6,9-11,16,26H,2,7-8,12H2,1,3H3. The summed E-state index contributed by atoms with van der Waals surface area (Å²) in [6.45, 7) is 6.31. The van der Waals surface area contributed by atoms with E-state index < -0.39 is 0 Å². The molecule has 2 aromatic carbocycles. The van der Waals surface area contributed by atoms with Crippen molar-refractivity contribution < 1.29 is 13.9 Å². The predicted molar refractivity (Wildman–Crippen MR) is 115 cm³/mol. The lowest BCUT2D eigenvalue weighted by molar-refractivity contribution is 0.184. The number of anilines is 1. The number of nitrogens with one attached hydrogen (secondary N) is 1. The van der Waals surface area contributed by atoms with E-state index in [1.54, 1.807) is 25.3 Å². The van der Waals surface area contributed by atoms with Gasteiger partial charge < -0.3 is 14.8 Å². The van der Waals surface area contributed by atoms with Crippen LogP contribution in [0.2, 0.25) is 10.0 Å². The topological polar surface area (TPSA) is 30.5 Å². The molecule has 1 heterocycles. The third-order valence-corrected chi connectivity index (χ3v) is 5.32. The first kappa shape index (κ1) is 20.6. The van der Waals surface area contributed by atoms with Crippen LogP contribution in [0.15, 0.2) is 42.7 Å². The third kappa shape index (κ3) is 4.62. The zero-order chi connectivity index (χ0) is 20.3. The normalized spacial score (nSPS) is 16.0. The smallest absolute Gasteiger partial charge is 0.144 e. The van der Waals surface area contributed by atoms with Crippen LogP contribution in [-0.4, -0.2) is 19.8 Å². The third-order valence-electron chi connectivity index (χ3n) is 4.68. The summed E-state index contributed by atoms with van der Waals surface area (Å²) in [5, 5.41) is 4.26. The minimum absolute atomic E-state index is 0.0100. The molecule has 0 amide bonds. The van der Waals surface area contributed by atoms with Gasteiger partial charge in [0.25, 0.3) is 0 Å². The summed E-state index contributed by atoms with van der Waals surface area (Å²) < 4.78 is 25.3. The molecule has 0 saturated heterocycles. The molecule has 2 aromatic rings. The van der Waals surface area contributed by atoms with E-state index in [0.29, 0.717) is 33.5 Å². The Morgan fingerprint density at radius 2 is 2.14 bits per heavy atom. The lowest BCUT2D eigenvalue weighted by Crippen LogP contribution is -2.30. The van der Waals surface area contributed by atoms with Gasteiger partial charge in [0.1, 0.15) is 17.7 Å². The molecule has 1 N–H and O–H groups in total. The van der Waals surface area contributed by atoms with Crippen LogP contribution in [0.4, 0.5) is 10.1 Å². The summed E-state index contributed by atoms with van der Waals surface area (Å²) in [5.74, 6) is 1.07. The Bertz CT molecular complexity index is 907. The lowest BCUT2D eigenvalue weighted by Gasteiger charge is -2.28. The maximum Gasteiger partial charge on any atom is 0.144 e. The molecule has 1 aliphatic heterocycles. The summed E-state index contributed by atoms with van der Waals surface area (Å²) in [6, 6.07) is 8.32. The Labute approximate surface area is 174 Å². The Morgan fingerprint density at radius 3 is 2.86 bits per heavy atom. The van der Waals surface area contributed by atoms with Crippen LogP contribution < -0.4 is 10.1 Å². The fourth-order valence-electron chi connectivity index (χ4n) is 3.13. The second-order valence-electron chi connectivity index (χ2n) is 6.70. The molecule has 148 valence electrons. The number of halogens is 3. The number of allylic oxidation sites excluding steroid dienone is 2. The van der Waals surface area contributed by atoms with E-state index >= 15 is 0 Å². The maximum atomic E-state index is 14.2. The number of hydrogen-bond acceptors (Lipinski definition) is 3. The van der Waals surface area contributed by atoms with E-state index in [1.165, 1.54) is 6.07 Å². The summed E-state index contributed by atoms with van der Waals surface area (Å²) in [7, 11) is 1.61. The van der Waals surface area contributed by atoms with Crippen molar-refractivity contribution in [2.24, 2.45) is 0 Å². The van der Waals surface area contributed by atoms with E-state index in [-0.39, 0.29) is 11.9 Å². The Kier molecular flexibility index (Phi) is 6.53. The highest BCUT2D eigenvalue weighted by molar-refractivity contribution is 6.33. The van der Waals surface area contributed by atoms with E-state index in [1.807, 2.05) is 19.1 Å². The van der Waals surface area contributed by atoms with Gasteiger partial charge in [0.2, 0.25) is 0 Å². The van der Waals surface area contributed by atoms with Gasteiger partial charge in [-0.25, -0.2) is 4.39 Å². The van der Waals surface area contributed by atoms with Crippen LogP contribution in [0.25, 0.3) is 11.6 Å². The summed E-state index contributed by atoms with van der Waals surface area (Å²) >= 11 is 12.6. The Hall–Kier alpha value is -2.17. The average molecular weight is 422 g/mol. The fraction of sp³-hybridized carbons (Fsp3) is 0.273. The first-order chi connectivity index (χ1) is 13.4. The second kappa shape index (κ2) is 8.89. The largest absolute Gasteiger partial charge is 0.502 e. The van der Waals surface area contributed by atoms with Crippen molar-refractivity contribution in [1.82, 2.24) is 0 Å². The van der Waals surface area contributed by atoms with Crippen LogP contribution in [0.1, 0.15) is 30.9 Å². The maximum absolute atomic E-state index is 14.2. The highest BCUT2D eigenvalue weighted by Gasteiger charge is 2.21. The highest BCUT2D eigenvalue weighted by Crippen LogP contribution is 2.37. The van der Waals surface area contributed by atoms with Crippen molar-refractivity contribution >= 4 is 40.5 Å². The molecule has 3 nitrogen and oxygen atoms in total. The Morgan fingerprint density at radius 1 is 1.36 bits per heavy atom. The molecule has 28 heavy (non-hydrogen) atoms. The molecule has 0 spiro atoms. The van der Waals surface area contributed by atoms with Crippen LogP contribution in [0.3, 0.4) is 0 Å². The van der Waals surface area contributed by atoms with Crippen molar-refractivity contribution in [2.45, 2.75) is 25.9 Å². The average Bonchev–Trinajstić information content (AvgIpc) is 2.66. The number of ether oxygens (including phenoxy) is 2. The summed E-state index contributed by atoms with van der Waals surface area (Å²) in [5.41, 5.74) is 2.68. The van der Waals surface area contributed by atoms with Gasteiger partial charge in [0.15, 0.2) is 0 Å². The predicted octanol–water partition coefficient (Wildman–Crippen LogP) is 6.81. The summed E-state index contributed by atoms with van der Waals surface area (Å²) in [4.78, 5) is 0. The van der Waals surface area contributed by atoms with Crippen molar-refractivity contribution in [3.63, 3.8) is 0 Å². The zero-order valence-electron chi connectivity index (χ0n) is 15.8. The zero-order valence-corrected chi connectivity index (χ0v) is 17.3. The number of rotatable bonds is 6. The molecule has 1 unspecified atom stereocenters. The fourth-order valence-corrected chi connectivity index (χ4v) is 3.65. The minimum atomic E-state index is -0.364. The van der Waals surface area contributed by atoms with Crippen LogP contribution in [0, 0.1) is 5.82 Å². The van der Waals surface area contributed by atoms with E-state index in [4.69, 9.17) is 32.7 Å². The van der Waals surface area contributed by atoms with E-state index in [0.717, 1.165) is 29.9 Å². The van der Waals surface area contributed by atoms with E-state index in [9.17, 15) is 4.39 Å². The molecule has 1 atom stereocenters. The number of benzene rings is 2. The first-order valence-electron chi connectivity index (χ1n) is 8.97. The van der Waals surface area contributed by atoms with Gasteiger partial charge in [-0.05, 0) is 48.8 Å². The number of hydrogen-bond donors (Lipinski definition) is 1. The molecule has 0 radical (unpaired) electrons. The number of methoxy groups -OCH3 is 1. The molecular formula is C22H22Cl2FNO2. The molecular weight excluding hydrogens is 400 g/mol. The SMILES string of the molecule is C=C(CCC1CNc2cc(C=C(C)c3c(F)cccc3Cl)c(Cl)cc2O1)OC. The minimum Gasteiger partial charge on any atom is -0.502 e. The molecule has 0 bridgehead atoms. The highest BCUT2D eigenvalue weighted by atomic mass is 35.5. The van der Waals surface area contributed by atoms with Gasteiger partial charge in [0, 0.05) is 18.1 Å². The molecule has 0 aromatic heterocycles. The molecule has 0 saturated carbocycles. The van der Waals surface area contributed by atoms with Crippen LogP contribution in [-0.2, 0) is 4.74 Å². The van der Waals surface area contributed by atoms with Crippen molar-refractivity contribution in [2.75, 3.05) is 19.0 Å². The molecule has 6 heteroatoms. The molecule has 3 rings (SSSR count). The van der Waals surface area contributed by atoms with Crippen LogP contribution in [0.5, 0.6) is 5.75 Å². The van der Waals surface area contributed by atoms with Gasteiger partial charge in [-0.2, -0.15) is 0 Å². The second-order valence-corrected chi connectivity index (χ2v) is 7.51.